The second-order valence-corrected chi connectivity index (χ2v) is 9.91. The number of carbonyl (C=O) groups is 2. The Bertz CT molecular complexity index is 674. The first kappa shape index (κ1) is 28.4. The highest BCUT2D eigenvalue weighted by atomic mass is 16.5. The highest BCUT2D eigenvalue weighted by Crippen LogP contribution is 2.37. The molecule has 34 heavy (non-hydrogen) atoms. The molecule has 1 saturated heterocycles. The summed E-state index contributed by atoms with van der Waals surface area (Å²) in [5, 5.41) is 0. The van der Waals surface area contributed by atoms with Gasteiger partial charge in [0, 0.05) is 12.0 Å². The molecule has 1 aliphatic heterocycles. The molecule has 0 aromatic heterocycles. The first-order valence-corrected chi connectivity index (χ1v) is 13.6. The Morgan fingerprint density at radius 2 is 1.50 bits per heavy atom. The summed E-state index contributed by atoms with van der Waals surface area (Å²) in [5.74, 6) is -0.471. The summed E-state index contributed by atoms with van der Waals surface area (Å²) in [6.07, 6.45) is 16.5. The molecule has 1 heterocycles. The normalized spacial score (nSPS) is 17.6. The van der Waals surface area contributed by atoms with Gasteiger partial charge in [-0.25, -0.2) is 0 Å². The van der Waals surface area contributed by atoms with Crippen LogP contribution in [-0.2, 0) is 30.4 Å². The van der Waals surface area contributed by atoms with Crippen molar-refractivity contribution in [1.82, 2.24) is 0 Å². The predicted octanol–water partition coefficient (Wildman–Crippen LogP) is 7.16. The van der Waals surface area contributed by atoms with Gasteiger partial charge in [0.25, 0.3) is 0 Å². The van der Waals surface area contributed by atoms with Crippen LogP contribution in [0.1, 0.15) is 109 Å². The lowest BCUT2D eigenvalue weighted by Crippen LogP contribution is -2.28. The molecule has 1 aromatic rings. The number of unbranched alkanes of at least 4 members (excludes halogenated alkanes) is 11. The third-order valence-corrected chi connectivity index (χ3v) is 6.73. The van der Waals surface area contributed by atoms with Crippen LogP contribution in [0.4, 0.5) is 0 Å². The molecule has 0 unspecified atom stereocenters. The second kappa shape index (κ2) is 17.5. The lowest BCUT2D eigenvalue weighted by molar-refractivity contribution is -0.147. The van der Waals surface area contributed by atoms with Crippen molar-refractivity contribution in [3.05, 3.63) is 35.9 Å². The summed E-state index contributed by atoms with van der Waals surface area (Å²) in [4.78, 5) is 24.2. The predicted molar refractivity (Wildman–Crippen MR) is 135 cm³/mol. The highest BCUT2D eigenvalue weighted by molar-refractivity contribution is 5.76. The van der Waals surface area contributed by atoms with Crippen LogP contribution in [0.25, 0.3) is 0 Å². The van der Waals surface area contributed by atoms with Crippen molar-refractivity contribution in [3.8, 4) is 0 Å². The Balaban J connectivity index is 1.51. The number of carbonyl (C=O) groups excluding carboxylic acids is 2. The van der Waals surface area contributed by atoms with E-state index in [1.165, 1.54) is 64.2 Å². The van der Waals surface area contributed by atoms with Crippen molar-refractivity contribution in [3.63, 3.8) is 0 Å². The van der Waals surface area contributed by atoms with Gasteiger partial charge in [-0.1, -0.05) is 108 Å². The third-order valence-electron chi connectivity index (χ3n) is 6.73. The van der Waals surface area contributed by atoms with E-state index in [2.05, 4.69) is 6.92 Å². The molecule has 1 atom stereocenters. The minimum Gasteiger partial charge on any atom is -0.466 e. The molecule has 5 nitrogen and oxygen atoms in total. The van der Waals surface area contributed by atoms with Gasteiger partial charge < -0.3 is 14.2 Å². The molecule has 1 fully saturated rings. The van der Waals surface area contributed by atoms with Crippen molar-refractivity contribution in [1.29, 1.82) is 0 Å². The molecule has 0 bridgehead atoms. The summed E-state index contributed by atoms with van der Waals surface area (Å²) in [5.41, 5.74) is 0.610. The molecule has 0 aliphatic carbocycles. The van der Waals surface area contributed by atoms with E-state index in [-0.39, 0.29) is 31.4 Å². The van der Waals surface area contributed by atoms with Crippen LogP contribution < -0.4 is 0 Å². The molecular weight excluding hydrogens is 428 g/mol. The van der Waals surface area contributed by atoms with Crippen molar-refractivity contribution < 1.29 is 23.8 Å². The summed E-state index contributed by atoms with van der Waals surface area (Å²) in [6, 6.07) is 9.98. The maximum atomic E-state index is 12.4. The maximum absolute atomic E-state index is 12.4. The van der Waals surface area contributed by atoms with Gasteiger partial charge >= 0.3 is 11.9 Å². The number of ether oxygens (including phenoxy) is 3. The zero-order valence-electron chi connectivity index (χ0n) is 21.4. The Labute approximate surface area is 206 Å². The Kier molecular flexibility index (Phi) is 14.6. The Morgan fingerprint density at radius 1 is 0.882 bits per heavy atom. The van der Waals surface area contributed by atoms with Gasteiger partial charge in [0.1, 0.15) is 0 Å². The molecule has 0 spiro atoms. The number of hydrogen-bond donors (Lipinski definition) is 0. The zero-order valence-corrected chi connectivity index (χ0v) is 21.4. The number of benzene rings is 1. The molecule has 0 N–H and O–H groups in total. The van der Waals surface area contributed by atoms with Crippen molar-refractivity contribution in [2.75, 3.05) is 19.8 Å². The molecule has 2 rings (SSSR count). The smallest absolute Gasteiger partial charge is 0.306 e. The largest absolute Gasteiger partial charge is 0.466 e. The summed E-state index contributed by atoms with van der Waals surface area (Å²) < 4.78 is 16.5. The lowest BCUT2D eigenvalue weighted by atomic mass is 9.80. The van der Waals surface area contributed by atoms with Crippen LogP contribution in [0.15, 0.2) is 30.3 Å². The van der Waals surface area contributed by atoms with Crippen molar-refractivity contribution >= 4 is 11.9 Å². The highest BCUT2D eigenvalue weighted by Gasteiger charge is 2.42. The zero-order chi connectivity index (χ0) is 24.3. The van der Waals surface area contributed by atoms with Crippen LogP contribution in [0, 0.1) is 5.41 Å². The SMILES string of the molecule is CCCCCCCCCCCCCCOC(=O)C[C@]1(CCOCc2ccccc2)COC(=O)C1. The van der Waals surface area contributed by atoms with E-state index < -0.39 is 5.41 Å². The van der Waals surface area contributed by atoms with Crippen LogP contribution >= 0.6 is 0 Å². The molecule has 0 radical (unpaired) electrons. The first-order chi connectivity index (χ1) is 16.6. The topological polar surface area (TPSA) is 61.8 Å². The molecule has 0 amide bonds. The van der Waals surface area contributed by atoms with Gasteiger partial charge in [-0.2, -0.15) is 0 Å². The summed E-state index contributed by atoms with van der Waals surface area (Å²) in [7, 11) is 0. The molecule has 1 aliphatic rings. The van der Waals surface area contributed by atoms with Gasteiger partial charge in [-0.3, -0.25) is 9.59 Å². The molecule has 192 valence electrons. The van der Waals surface area contributed by atoms with Gasteiger partial charge in [-0.05, 0) is 18.4 Å². The number of esters is 2. The number of cyclic esters (lactones) is 1. The van der Waals surface area contributed by atoms with E-state index in [1.54, 1.807) is 0 Å². The summed E-state index contributed by atoms with van der Waals surface area (Å²) >= 11 is 0. The third kappa shape index (κ3) is 12.5. The van der Waals surface area contributed by atoms with Gasteiger partial charge in [0.15, 0.2) is 0 Å². The fraction of sp³-hybridized carbons (Fsp3) is 0.724. The quantitative estimate of drug-likeness (QED) is 0.148. The Morgan fingerprint density at radius 3 is 2.09 bits per heavy atom. The van der Waals surface area contributed by atoms with Crippen molar-refractivity contribution in [2.24, 2.45) is 5.41 Å². The lowest BCUT2D eigenvalue weighted by Gasteiger charge is -2.24. The monoisotopic (exact) mass is 474 g/mol. The molecule has 5 heteroatoms. The minimum absolute atomic E-state index is 0.214. The van der Waals surface area contributed by atoms with E-state index in [1.807, 2.05) is 30.3 Å². The van der Waals surface area contributed by atoms with Crippen LogP contribution in [0.5, 0.6) is 0 Å². The van der Waals surface area contributed by atoms with E-state index in [0.717, 1.165) is 18.4 Å². The second-order valence-electron chi connectivity index (χ2n) is 9.91. The first-order valence-electron chi connectivity index (χ1n) is 13.6. The Hall–Kier alpha value is -1.88. The van der Waals surface area contributed by atoms with Gasteiger partial charge in [0.2, 0.25) is 0 Å². The standard InChI is InChI=1S/C29H46O5/c1-2-3-4-5-6-7-8-9-10-11-12-16-20-33-27(30)22-29(23-28(31)34-25-29)19-21-32-24-26-17-14-13-15-18-26/h13-15,17-18H,2-12,16,19-25H2,1H3/t29-/m0/s1. The fourth-order valence-electron chi connectivity index (χ4n) is 4.54. The maximum Gasteiger partial charge on any atom is 0.306 e. The van der Waals surface area contributed by atoms with E-state index in [0.29, 0.717) is 26.2 Å². The van der Waals surface area contributed by atoms with E-state index >= 15 is 0 Å². The van der Waals surface area contributed by atoms with Crippen LogP contribution in [-0.4, -0.2) is 31.8 Å². The number of hydrogen-bond acceptors (Lipinski definition) is 5. The van der Waals surface area contributed by atoms with Crippen LogP contribution in [0.2, 0.25) is 0 Å². The van der Waals surface area contributed by atoms with Gasteiger partial charge in [-0.15, -0.1) is 0 Å². The van der Waals surface area contributed by atoms with E-state index in [4.69, 9.17) is 14.2 Å². The average molecular weight is 475 g/mol. The van der Waals surface area contributed by atoms with Crippen molar-refractivity contribution in [2.45, 2.75) is 110 Å². The van der Waals surface area contributed by atoms with Crippen LogP contribution in [0.3, 0.4) is 0 Å². The number of rotatable bonds is 20. The van der Waals surface area contributed by atoms with Gasteiger partial charge in [0.05, 0.1) is 32.7 Å². The molecule has 0 saturated carbocycles. The average Bonchev–Trinajstić information content (AvgIpc) is 3.20. The molecular formula is C29H46O5. The molecule has 1 aromatic carbocycles. The minimum atomic E-state index is -0.499. The summed E-state index contributed by atoms with van der Waals surface area (Å²) in [6.45, 7) is 4.00. The van der Waals surface area contributed by atoms with E-state index in [9.17, 15) is 9.59 Å². The fourth-order valence-corrected chi connectivity index (χ4v) is 4.54.